The number of aromatic nitrogens is 2. The van der Waals surface area contributed by atoms with Crippen molar-refractivity contribution in [3.63, 3.8) is 0 Å². The molecule has 1 saturated heterocycles. The van der Waals surface area contributed by atoms with Crippen molar-refractivity contribution in [2.45, 2.75) is 49.2 Å². The molecule has 1 aromatic carbocycles. The fraction of sp³-hybridized carbons (Fsp3) is 0.545. The number of aromatic hydroxyl groups is 1. The highest BCUT2D eigenvalue weighted by molar-refractivity contribution is 7.92. The molecule has 2 heterocycles. The van der Waals surface area contributed by atoms with E-state index in [4.69, 9.17) is 9.47 Å². The molecule has 1 fully saturated rings. The van der Waals surface area contributed by atoms with E-state index >= 15 is 0 Å². The highest BCUT2D eigenvalue weighted by Crippen LogP contribution is 2.38. The van der Waals surface area contributed by atoms with Crippen molar-refractivity contribution in [2.75, 3.05) is 34.4 Å². The molecule has 1 aliphatic rings. The van der Waals surface area contributed by atoms with Gasteiger partial charge in [0.15, 0.2) is 14.7 Å². The molecule has 0 aliphatic carbocycles. The van der Waals surface area contributed by atoms with Gasteiger partial charge in [-0.3, -0.25) is 9.36 Å². The highest BCUT2D eigenvalue weighted by atomic mass is 32.2. The fourth-order valence-electron chi connectivity index (χ4n) is 4.04. The molecule has 0 radical (unpaired) electrons. The first-order valence-corrected chi connectivity index (χ1v) is 12.3. The molecule has 0 amide bonds. The van der Waals surface area contributed by atoms with Crippen LogP contribution >= 0.6 is 0 Å². The van der Waals surface area contributed by atoms with Crippen LogP contribution in [0.25, 0.3) is 5.69 Å². The van der Waals surface area contributed by atoms with Gasteiger partial charge in [0.2, 0.25) is 5.88 Å². The summed E-state index contributed by atoms with van der Waals surface area (Å²) in [6.45, 7) is 3.19. The second kappa shape index (κ2) is 9.91. The number of likely N-dealkylation sites (tertiary alicyclic amines) is 1. The Morgan fingerprint density at radius 1 is 1.16 bits per heavy atom. The molecule has 176 valence electrons. The number of unbranched alkanes of at least 4 members (excludes halogenated alkanes) is 1. The number of piperidine rings is 1. The van der Waals surface area contributed by atoms with Gasteiger partial charge in [-0.25, -0.2) is 8.42 Å². The Balaban J connectivity index is 2.29. The summed E-state index contributed by atoms with van der Waals surface area (Å²) in [6, 6.07) is 5.06. The minimum absolute atomic E-state index is 0.250. The van der Waals surface area contributed by atoms with Gasteiger partial charge < -0.3 is 19.5 Å². The maximum atomic E-state index is 13.5. The zero-order valence-electron chi connectivity index (χ0n) is 19.0. The van der Waals surface area contributed by atoms with Gasteiger partial charge in [0.05, 0.1) is 19.5 Å². The second-order valence-corrected chi connectivity index (χ2v) is 10.1. The Kier molecular flexibility index (Phi) is 7.45. The molecule has 1 aliphatic heterocycles. The minimum Gasteiger partial charge on any atom is -0.494 e. The summed E-state index contributed by atoms with van der Waals surface area (Å²) in [7, 11) is 0.745. The Morgan fingerprint density at radius 2 is 1.75 bits per heavy atom. The van der Waals surface area contributed by atoms with E-state index in [9.17, 15) is 18.3 Å². The number of benzene rings is 1. The average molecular weight is 466 g/mol. The van der Waals surface area contributed by atoms with Crippen molar-refractivity contribution in [2.24, 2.45) is 0 Å². The van der Waals surface area contributed by atoms with Gasteiger partial charge in [-0.1, -0.05) is 19.4 Å². The molecule has 0 atom stereocenters. The number of methoxy groups -OCH3 is 2. The van der Waals surface area contributed by atoms with E-state index in [-0.39, 0.29) is 5.82 Å². The summed E-state index contributed by atoms with van der Waals surface area (Å²) >= 11 is 0. The molecule has 2 aromatic rings. The van der Waals surface area contributed by atoms with E-state index in [0.29, 0.717) is 56.0 Å². The third kappa shape index (κ3) is 4.47. The number of para-hydroxylation sites is 1. The van der Waals surface area contributed by atoms with E-state index in [1.165, 1.54) is 18.8 Å². The monoisotopic (exact) mass is 465 g/mol. The van der Waals surface area contributed by atoms with E-state index in [2.05, 4.69) is 4.98 Å². The number of hydrogen-bond acceptors (Lipinski definition) is 8. The normalized spacial score (nSPS) is 15.6. The second-order valence-electron chi connectivity index (χ2n) is 7.98. The molecule has 3 rings (SSSR count). The number of ether oxygens (including phenoxy) is 2. The van der Waals surface area contributed by atoms with Gasteiger partial charge >= 0.3 is 0 Å². The van der Waals surface area contributed by atoms with Crippen LogP contribution in [0.3, 0.4) is 0 Å². The number of rotatable bonds is 8. The van der Waals surface area contributed by atoms with Gasteiger partial charge in [0.25, 0.3) is 5.56 Å². The van der Waals surface area contributed by atoms with Crippen molar-refractivity contribution in [3.8, 4) is 23.1 Å². The highest BCUT2D eigenvalue weighted by Gasteiger charge is 2.37. The van der Waals surface area contributed by atoms with E-state index in [1.807, 2.05) is 18.9 Å². The molecule has 0 saturated carbocycles. The van der Waals surface area contributed by atoms with Crippen LogP contribution in [0.5, 0.6) is 17.4 Å². The third-order valence-corrected chi connectivity index (χ3v) is 8.14. The molecular weight excluding hydrogens is 434 g/mol. The first-order chi connectivity index (χ1) is 15.3. The predicted molar refractivity (Wildman–Crippen MR) is 121 cm³/mol. The molecule has 32 heavy (non-hydrogen) atoms. The van der Waals surface area contributed by atoms with Crippen LogP contribution in [0.2, 0.25) is 0 Å². The zero-order valence-corrected chi connectivity index (χ0v) is 19.8. The number of hydrogen-bond donors (Lipinski definition) is 1. The number of sulfone groups is 1. The first-order valence-electron chi connectivity index (χ1n) is 10.7. The lowest BCUT2D eigenvalue weighted by molar-refractivity contribution is 0.277. The zero-order chi connectivity index (χ0) is 23.5. The largest absolute Gasteiger partial charge is 0.494 e. The first kappa shape index (κ1) is 24.1. The molecule has 1 aromatic heterocycles. The van der Waals surface area contributed by atoms with E-state index in [1.54, 1.807) is 18.2 Å². The maximum absolute atomic E-state index is 13.5. The summed E-state index contributed by atoms with van der Waals surface area (Å²) < 4.78 is 39.1. The summed E-state index contributed by atoms with van der Waals surface area (Å²) in [5.41, 5.74) is -0.633. The molecule has 0 spiro atoms. The summed E-state index contributed by atoms with van der Waals surface area (Å²) in [5.74, 6) is 0.299. The molecular formula is C22H31N3O6S. The predicted octanol–water partition coefficient (Wildman–Crippen LogP) is 2.17. The van der Waals surface area contributed by atoms with Crippen LogP contribution in [0.4, 0.5) is 0 Å². The van der Waals surface area contributed by atoms with Crippen molar-refractivity contribution in [3.05, 3.63) is 34.4 Å². The van der Waals surface area contributed by atoms with Gasteiger partial charge in [-0.05, 0) is 51.5 Å². The summed E-state index contributed by atoms with van der Waals surface area (Å²) in [6.07, 6.45) is 2.66. The number of nitrogens with zero attached hydrogens (tertiary/aromatic N) is 3. The topological polar surface area (TPSA) is 111 Å². The lowest BCUT2D eigenvalue weighted by Gasteiger charge is -2.29. The molecule has 0 unspecified atom stereocenters. The smallest absolute Gasteiger partial charge is 0.295 e. The molecule has 9 nitrogen and oxygen atoms in total. The SMILES string of the molecule is CCCCc1nc(=O)c(S(=O)(=O)C2CCN(C)CC2)c(O)n1-c1c(OC)cccc1OC. The minimum atomic E-state index is -4.11. The molecule has 1 N–H and O–H groups in total. The quantitative estimate of drug-likeness (QED) is 0.631. The van der Waals surface area contributed by atoms with Gasteiger partial charge in [0, 0.05) is 6.42 Å². The van der Waals surface area contributed by atoms with Crippen molar-refractivity contribution in [1.29, 1.82) is 0 Å². The average Bonchev–Trinajstić information content (AvgIpc) is 2.77. The van der Waals surface area contributed by atoms with Gasteiger partial charge in [-0.2, -0.15) is 4.98 Å². The van der Waals surface area contributed by atoms with E-state index in [0.717, 1.165) is 6.42 Å². The van der Waals surface area contributed by atoms with Crippen LogP contribution < -0.4 is 15.0 Å². The maximum Gasteiger partial charge on any atom is 0.295 e. The van der Waals surface area contributed by atoms with Crippen LogP contribution in [-0.4, -0.2) is 67.6 Å². The van der Waals surface area contributed by atoms with Gasteiger partial charge in [-0.15, -0.1) is 0 Å². The van der Waals surface area contributed by atoms with E-state index < -0.39 is 31.4 Å². The number of aryl methyl sites for hydroxylation is 1. The van der Waals surface area contributed by atoms with Crippen LogP contribution in [0.15, 0.2) is 27.9 Å². The standard InChI is InChI=1S/C22H31N3O6S/c1-5-6-10-18-23-21(26)20(32(28,29)15-11-13-24(2)14-12-15)22(27)25(18)19-16(30-3)8-7-9-17(19)31-4/h7-9,15,27H,5-6,10-14H2,1-4H3. The van der Waals surface area contributed by atoms with Crippen LogP contribution in [-0.2, 0) is 16.3 Å². The fourth-order valence-corrected chi connectivity index (χ4v) is 5.84. The van der Waals surface area contributed by atoms with Crippen molar-refractivity contribution >= 4 is 9.84 Å². The Labute approximate surface area is 188 Å². The van der Waals surface area contributed by atoms with Crippen LogP contribution in [0, 0.1) is 0 Å². The third-order valence-electron chi connectivity index (χ3n) is 5.87. The molecule has 0 bridgehead atoms. The van der Waals surface area contributed by atoms with Crippen molar-refractivity contribution < 1.29 is 23.0 Å². The lowest BCUT2D eigenvalue weighted by atomic mass is 10.1. The summed E-state index contributed by atoms with van der Waals surface area (Å²) in [5, 5.41) is 10.5. The molecule has 10 heteroatoms. The Hall–Kier alpha value is -2.59. The Morgan fingerprint density at radius 3 is 2.28 bits per heavy atom. The van der Waals surface area contributed by atoms with Crippen LogP contribution in [0.1, 0.15) is 38.4 Å². The van der Waals surface area contributed by atoms with Crippen molar-refractivity contribution in [1.82, 2.24) is 14.5 Å². The lowest BCUT2D eigenvalue weighted by Crippen LogP contribution is -2.39. The Bertz CT molecular complexity index is 1100. The van der Waals surface area contributed by atoms with Gasteiger partial charge in [0.1, 0.15) is 23.0 Å². The summed E-state index contributed by atoms with van der Waals surface area (Å²) in [4.78, 5) is 18.4.